The van der Waals surface area contributed by atoms with Crippen LogP contribution in [-0.2, 0) is 9.22 Å². The van der Waals surface area contributed by atoms with E-state index in [9.17, 15) is 4.79 Å². The average molecular weight is 351 g/mol. The molecule has 4 heteroatoms. The van der Waals surface area contributed by atoms with Crippen molar-refractivity contribution in [3.8, 4) is 0 Å². The smallest absolute Gasteiger partial charge is 0.192 e. The van der Waals surface area contributed by atoms with E-state index < -0.39 is 8.32 Å². The number of carbonyl (C=O) groups is 1. The second kappa shape index (κ2) is 7.16. The van der Waals surface area contributed by atoms with Gasteiger partial charge in [0.2, 0.25) is 0 Å². The van der Waals surface area contributed by atoms with Crippen molar-refractivity contribution in [2.75, 3.05) is 0 Å². The lowest BCUT2D eigenvalue weighted by atomic mass is 9.76. The first-order chi connectivity index (χ1) is 11.1. The van der Waals surface area contributed by atoms with E-state index >= 15 is 0 Å². The Balaban J connectivity index is 2.17. The van der Waals surface area contributed by atoms with Crippen LogP contribution in [0.1, 0.15) is 70.8 Å². The van der Waals surface area contributed by atoms with Crippen LogP contribution in [0.2, 0.25) is 18.1 Å². The van der Waals surface area contributed by atoms with E-state index in [1.807, 2.05) is 19.1 Å². The highest BCUT2D eigenvalue weighted by Crippen LogP contribution is 2.42. The highest BCUT2D eigenvalue weighted by Gasteiger charge is 2.44. The first kappa shape index (κ1) is 19.5. The molecule has 1 fully saturated rings. The molecule has 0 radical (unpaired) electrons. The quantitative estimate of drug-likeness (QED) is 0.626. The highest BCUT2D eigenvalue weighted by molar-refractivity contribution is 6.74. The minimum Gasteiger partial charge on any atom is -0.466 e. The number of aryl methyl sites for hydroxylation is 1. The molecule has 0 N–H and O–H groups in total. The second-order valence-electron chi connectivity index (χ2n) is 8.77. The van der Waals surface area contributed by atoms with Gasteiger partial charge in [0.1, 0.15) is 17.3 Å². The van der Waals surface area contributed by atoms with Crippen molar-refractivity contribution < 1.29 is 13.6 Å². The van der Waals surface area contributed by atoms with E-state index in [0.717, 1.165) is 37.2 Å². The summed E-state index contributed by atoms with van der Waals surface area (Å²) < 4.78 is 12.4. The molecule has 3 atom stereocenters. The monoisotopic (exact) mass is 350 g/mol. The maximum atomic E-state index is 13.1. The zero-order valence-electron chi connectivity index (χ0n) is 16.4. The summed E-state index contributed by atoms with van der Waals surface area (Å²) in [6.45, 7) is 15.4. The third kappa shape index (κ3) is 4.02. The maximum absolute atomic E-state index is 13.1. The zero-order valence-corrected chi connectivity index (χ0v) is 17.4. The zero-order chi connectivity index (χ0) is 18.1. The van der Waals surface area contributed by atoms with Gasteiger partial charge in [0.25, 0.3) is 0 Å². The summed E-state index contributed by atoms with van der Waals surface area (Å²) in [4.78, 5) is 13.1. The van der Waals surface area contributed by atoms with Crippen molar-refractivity contribution >= 4 is 14.1 Å². The summed E-state index contributed by atoms with van der Waals surface area (Å²) in [6, 6.07) is 3.92. The molecule has 1 aliphatic rings. The molecule has 0 aliphatic heterocycles. The minimum absolute atomic E-state index is 0.00767. The summed E-state index contributed by atoms with van der Waals surface area (Å²) in [5.41, 5.74) is 0. The number of furan rings is 1. The number of carbonyl (C=O) groups excluding carboxylic acids is 1. The van der Waals surface area contributed by atoms with Crippen LogP contribution >= 0.6 is 0 Å². The van der Waals surface area contributed by atoms with Crippen molar-refractivity contribution in [1.29, 1.82) is 0 Å². The molecule has 136 valence electrons. The van der Waals surface area contributed by atoms with Crippen LogP contribution in [0.15, 0.2) is 16.5 Å². The van der Waals surface area contributed by atoms with Crippen LogP contribution in [-0.4, -0.2) is 20.2 Å². The van der Waals surface area contributed by atoms with Gasteiger partial charge in [-0.1, -0.05) is 34.1 Å². The molecule has 0 amide bonds. The fourth-order valence-electron chi connectivity index (χ4n) is 3.38. The number of hydrogen-bond acceptors (Lipinski definition) is 3. The predicted octanol–water partition coefficient (Wildman–Crippen LogP) is 5.84. The average Bonchev–Trinajstić information content (AvgIpc) is 2.90. The van der Waals surface area contributed by atoms with Crippen molar-refractivity contribution in [2.45, 2.75) is 90.5 Å². The number of rotatable bonds is 5. The highest BCUT2D eigenvalue weighted by atomic mass is 28.4. The van der Waals surface area contributed by atoms with Crippen molar-refractivity contribution in [1.82, 2.24) is 0 Å². The van der Waals surface area contributed by atoms with Crippen LogP contribution in [0.4, 0.5) is 0 Å². The lowest BCUT2D eigenvalue weighted by molar-refractivity contribution is -0.130. The standard InChI is InChI=1S/C20H34O3Si/c1-8-17(23-24(6,7)20(3,4)5)15-10-9-11-16(19(15)21)18-13-12-14(2)22-18/h12-13,15-17H,8-11H2,1-7H3. The molecule has 1 saturated carbocycles. The van der Waals surface area contributed by atoms with Gasteiger partial charge in [-0.3, -0.25) is 4.79 Å². The molecule has 0 aromatic carbocycles. The summed E-state index contributed by atoms with van der Waals surface area (Å²) in [7, 11) is -1.88. The van der Waals surface area contributed by atoms with E-state index in [1.165, 1.54) is 0 Å². The van der Waals surface area contributed by atoms with Crippen LogP contribution in [0, 0.1) is 12.8 Å². The Morgan fingerprint density at radius 2 is 1.96 bits per heavy atom. The van der Waals surface area contributed by atoms with Gasteiger partial charge in [0, 0.05) is 5.92 Å². The Kier molecular flexibility index (Phi) is 5.81. The van der Waals surface area contributed by atoms with E-state index in [0.29, 0.717) is 5.78 Å². The number of ketones is 1. The molecule has 1 aromatic heterocycles. The van der Waals surface area contributed by atoms with Gasteiger partial charge in [-0.15, -0.1) is 0 Å². The summed E-state index contributed by atoms with van der Waals surface area (Å²) in [6.07, 6.45) is 3.85. The molecular formula is C20H34O3Si. The van der Waals surface area contributed by atoms with E-state index in [1.54, 1.807) is 0 Å². The molecule has 3 unspecified atom stereocenters. The van der Waals surface area contributed by atoms with Gasteiger partial charge < -0.3 is 8.84 Å². The van der Waals surface area contributed by atoms with E-state index in [-0.39, 0.29) is 23.0 Å². The number of Topliss-reactive ketones (excluding diaryl/α,β-unsaturated/α-hetero) is 1. The van der Waals surface area contributed by atoms with E-state index in [4.69, 9.17) is 8.84 Å². The van der Waals surface area contributed by atoms with Gasteiger partial charge in [-0.25, -0.2) is 0 Å². The molecule has 0 saturated heterocycles. The molecule has 0 spiro atoms. The number of hydrogen-bond donors (Lipinski definition) is 0. The SMILES string of the molecule is CCC(O[Si](C)(C)C(C)(C)C)C1CCCC(c2ccc(C)o2)C1=O. The fourth-order valence-corrected chi connectivity index (χ4v) is 4.82. The lowest BCUT2D eigenvalue weighted by Crippen LogP contribution is -2.48. The summed E-state index contributed by atoms with van der Waals surface area (Å²) >= 11 is 0. The minimum atomic E-state index is -1.88. The molecule has 1 heterocycles. The maximum Gasteiger partial charge on any atom is 0.192 e. The molecular weight excluding hydrogens is 316 g/mol. The Bertz CT molecular complexity index is 568. The van der Waals surface area contributed by atoms with Crippen molar-refractivity contribution in [3.63, 3.8) is 0 Å². The van der Waals surface area contributed by atoms with Crippen LogP contribution in [0.3, 0.4) is 0 Å². The molecule has 24 heavy (non-hydrogen) atoms. The third-order valence-corrected chi connectivity index (χ3v) is 10.4. The van der Waals surface area contributed by atoms with Crippen LogP contribution in [0.25, 0.3) is 0 Å². The van der Waals surface area contributed by atoms with Crippen LogP contribution < -0.4 is 0 Å². The predicted molar refractivity (Wildman–Crippen MR) is 101 cm³/mol. The summed E-state index contributed by atoms with van der Waals surface area (Å²) in [5.74, 6) is 1.96. The van der Waals surface area contributed by atoms with Gasteiger partial charge >= 0.3 is 0 Å². The van der Waals surface area contributed by atoms with Gasteiger partial charge in [0.15, 0.2) is 8.32 Å². The van der Waals surface area contributed by atoms with E-state index in [2.05, 4.69) is 40.8 Å². The molecule has 2 rings (SSSR count). The van der Waals surface area contributed by atoms with Gasteiger partial charge in [0.05, 0.1) is 12.0 Å². The Hall–Kier alpha value is -0.873. The Morgan fingerprint density at radius 1 is 1.29 bits per heavy atom. The molecule has 1 aromatic rings. The first-order valence-electron chi connectivity index (χ1n) is 9.34. The normalized spacial score (nSPS) is 24.2. The van der Waals surface area contributed by atoms with Gasteiger partial charge in [-0.2, -0.15) is 0 Å². The molecule has 0 bridgehead atoms. The molecule has 1 aliphatic carbocycles. The molecule has 3 nitrogen and oxygen atoms in total. The fraction of sp³-hybridized carbons (Fsp3) is 0.750. The first-order valence-corrected chi connectivity index (χ1v) is 12.3. The third-order valence-electron chi connectivity index (χ3n) is 5.92. The Morgan fingerprint density at radius 3 is 2.46 bits per heavy atom. The largest absolute Gasteiger partial charge is 0.466 e. The topological polar surface area (TPSA) is 39.4 Å². The van der Waals surface area contributed by atoms with Crippen LogP contribution in [0.5, 0.6) is 0 Å². The van der Waals surface area contributed by atoms with Crippen molar-refractivity contribution in [2.24, 2.45) is 5.92 Å². The lowest BCUT2D eigenvalue weighted by Gasteiger charge is -2.42. The summed E-state index contributed by atoms with van der Waals surface area (Å²) in [5, 5.41) is 0.162. The van der Waals surface area contributed by atoms with Gasteiger partial charge in [-0.05, 0) is 56.5 Å². The van der Waals surface area contributed by atoms with Crippen molar-refractivity contribution in [3.05, 3.63) is 23.7 Å². The Labute approximate surface area is 148 Å². The second-order valence-corrected chi connectivity index (χ2v) is 13.5.